The van der Waals surface area contributed by atoms with Crippen molar-refractivity contribution >= 4 is 15.9 Å². The van der Waals surface area contributed by atoms with E-state index in [4.69, 9.17) is 4.74 Å². The molecule has 0 saturated heterocycles. The van der Waals surface area contributed by atoms with E-state index < -0.39 is 5.54 Å². The van der Waals surface area contributed by atoms with Crippen LogP contribution in [0, 0.1) is 18.8 Å². The number of rotatable bonds is 5. The van der Waals surface area contributed by atoms with Crippen LogP contribution < -0.4 is 4.74 Å². The van der Waals surface area contributed by atoms with Crippen LogP contribution >= 0.6 is 15.9 Å². The number of nitrogens with zero attached hydrogens (tertiary/aromatic N) is 2. The molecule has 17 heavy (non-hydrogen) atoms. The summed E-state index contributed by atoms with van der Waals surface area (Å²) in [5, 5.41) is 3.05. The zero-order valence-corrected chi connectivity index (χ0v) is 12.2. The summed E-state index contributed by atoms with van der Waals surface area (Å²) in [4.78, 5) is 14.8. The molecule has 1 rings (SSSR count). The van der Waals surface area contributed by atoms with Gasteiger partial charge in [0.2, 0.25) is 5.88 Å². The lowest BCUT2D eigenvalue weighted by atomic mass is 10.0. The van der Waals surface area contributed by atoms with Crippen LogP contribution in [0.2, 0.25) is 0 Å². The molecular weight excluding hydrogens is 284 g/mol. The summed E-state index contributed by atoms with van der Waals surface area (Å²) in [6.07, 6.45) is 0.576. The highest BCUT2D eigenvalue weighted by atomic mass is 79.9. The fourth-order valence-corrected chi connectivity index (χ4v) is 1.67. The van der Waals surface area contributed by atoms with E-state index in [1.165, 1.54) is 0 Å². The van der Waals surface area contributed by atoms with Crippen LogP contribution in [0.1, 0.15) is 31.5 Å². The maximum absolute atomic E-state index is 10.5. The molecule has 0 aromatic carbocycles. The van der Waals surface area contributed by atoms with Gasteiger partial charge >= 0.3 is 0 Å². The second kappa shape index (κ2) is 5.58. The third-order valence-electron chi connectivity index (χ3n) is 2.50. The van der Waals surface area contributed by atoms with Crippen LogP contribution in [0.5, 0.6) is 5.88 Å². The molecule has 0 N–H and O–H groups in total. The fourth-order valence-electron chi connectivity index (χ4n) is 1.24. The smallest absolute Gasteiger partial charge is 0.216 e. The molecule has 1 aromatic heterocycles. The molecule has 1 heterocycles. The topological polar surface area (TPSA) is 51.6 Å². The number of nitroso groups, excluding NO2 is 1. The quantitative estimate of drug-likeness (QED) is 0.778. The minimum Gasteiger partial charge on any atom is -0.477 e. The molecule has 4 nitrogen and oxygen atoms in total. The zero-order valence-electron chi connectivity index (χ0n) is 10.6. The Morgan fingerprint density at radius 3 is 2.71 bits per heavy atom. The van der Waals surface area contributed by atoms with Crippen molar-refractivity contribution in [1.29, 1.82) is 0 Å². The summed E-state index contributed by atoms with van der Waals surface area (Å²) in [6.45, 7) is 7.86. The first-order chi connectivity index (χ1) is 7.85. The van der Waals surface area contributed by atoms with Crippen LogP contribution in [0.3, 0.4) is 0 Å². The highest BCUT2D eigenvalue weighted by Crippen LogP contribution is 2.23. The maximum atomic E-state index is 10.5. The normalized spacial score (nSPS) is 11.4. The monoisotopic (exact) mass is 300 g/mol. The summed E-state index contributed by atoms with van der Waals surface area (Å²) >= 11 is 3.42. The van der Waals surface area contributed by atoms with Crippen LogP contribution in [0.15, 0.2) is 15.7 Å². The van der Waals surface area contributed by atoms with Gasteiger partial charge in [0.05, 0.1) is 12.3 Å². The Bertz CT molecular complexity index is 419. The van der Waals surface area contributed by atoms with Crippen LogP contribution in [0.4, 0.5) is 0 Å². The van der Waals surface area contributed by atoms with Crippen molar-refractivity contribution < 1.29 is 4.74 Å². The van der Waals surface area contributed by atoms with Crippen LogP contribution in [0.25, 0.3) is 0 Å². The first-order valence-electron chi connectivity index (χ1n) is 5.47. The van der Waals surface area contributed by atoms with Gasteiger partial charge in [0.25, 0.3) is 0 Å². The standard InChI is InChI=1S/C12H17BrN2O2/c1-8-7-10(13)9(2)14-11(8)17-6-5-12(3,4)15-16/h7H,5-6H2,1-4H3. The van der Waals surface area contributed by atoms with Gasteiger partial charge in [-0.05, 0) is 49.7 Å². The lowest BCUT2D eigenvalue weighted by Gasteiger charge is -2.16. The molecular formula is C12H17BrN2O2. The Balaban J connectivity index is 2.64. The highest BCUT2D eigenvalue weighted by Gasteiger charge is 2.18. The van der Waals surface area contributed by atoms with E-state index in [0.717, 1.165) is 15.7 Å². The molecule has 94 valence electrons. The molecule has 0 amide bonds. The van der Waals surface area contributed by atoms with Crippen molar-refractivity contribution in [3.8, 4) is 5.88 Å². The summed E-state index contributed by atoms with van der Waals surface area (Å²) in [6, 6.07) is 1.97. The summed E-state index contributed by atoms with van der Waals surface area (Å²) < 4.78 is 6.55. The van der Waals surface area contributed by atoms with Crippen molar-refractivity contribution in [3.05, 3.63) is 26.7 Å². The van der Waals surface area contributed by atoms with Crippen molar-refractivity contribution in [3.63, 3.8) is 0 Å². The van der Waals surface area contributed by atoms with Gasteiger partial charge in [-0.1, -0.05) is 5.18 Å². The maximum Gasteiger partial charge on any atom is 0.216 e. The number of hydrogen-bond donors (Lipinski definition) is 0. The van der Waals surface area contributed by atoms with Crippen molar-refractivity contribution in [1.82, 2.24) is 4.98 Å². The molecule has 0 radical (unpaired) electrons. The number of halogens is 1. The first-order valence-corrected chi connectivity index (χ1v) is 6.26. The van der Waals surface area contributed by atoms with Crippen LogP contribution in [-0.2, 0) is 0 Å². The molecule has 0 saturated carbocycles. The summed E-state index contributed by atoms with van der Waals surface area (Å²) in [7, 11) is 0. The van der Waals surface area contributed by atoms with Crippen molar-refractivity contribution in [2.45, 2.75) is 39.7 Å². The third-order valence-corrected chi connectivity index (χ3v) is 3.30. The van der Waals surface area contributed by atoms with Gasteiger partial charge < -0.3 is 4.74 Å². The van der Waals surface area contributed by atoms with Gasteiger partial charge in [-0.3, -0.25) is 0 Å². The minimum atomic E-state index is -0.585. The molecule has 0 atom stereocenters. The van der Waals surface area contributed by atoms with E-state index >= 15 is 0 Å². The largest absolute Gasteiger partial charge is 0.477 e. The molecule has 0 aliphatic carbocycles. The molecule has 0 aliphatic heterocycles. The SMILES string of the molecule is Cc1cc(Br)c(C)nc1OCCC(C)(C)N=O. The second-order valence-corrected chi connectivity index (χ2v) is 5.53. The lowest BCUT2D eigenvalue weighted by molar-refractivity contribution is 0.263. The Morgan fingerprint density at radius 1 is 1.47 bits per heavy atom. The number of hydrogen-bond acceptors (Lipinski definition) is 4. The van der Waals surface area contributed by atoms with Crippen LogP contribution in [-0.4, -0.2) is 17.1 Å². The second-order valence-electron chi connectivity index (χ2n) is 4.68. The predicted octanol–water partition coefficient (Wildman–Crippen LogP) is 3.77. The molecule has 0 unspecified atom stereocenters. The first kappa shape index (κ1) is 14.1. The lowest BCUT2D eigenvalue weighted by Crippen LogP contribution is -2.19. The summed E-state index contributed by atoms with van der Waals surface area (Å²) in [5.41, 5.74) is 1.27. The minimum absolute atomic E-state index is 0.438. The molecule has 5 heteroatoms. The Morgan fingerprint density at radius 2 is 2.12 bits per heavy atom. The van der Waals surface area contributed by atoms with Crippen molar-refractivity contribution in [2.75, 3.05) is 6.61 Å². The average molecular weight is 301 g/mol. The van der Waals surface area contributed by atoms with Gasteiger partial charge in [-0.25, -0.2) is 4.98 Å². The van der Waals surface area contributed by atoms with E-state index in [2.05, 4.69) is 26.1 Å². The van der Waals surface area contributed by atoms with E-state index in [9.17, 15) is 4.91 Å². The van der Waals surface area contributed by atoms with Gasteiger partial charge in [-0.15, -0.1) is 0 Å². The fraction of sp³-hybridized carbons (Fsp3) is 0.583. The Kier molecular flexibility index (Phi) is 4.62. The van der Waals surface area contributed by atoms with Gasteiger partial charge in [0.15, 0.2) is 0 Å². The van der Waals surface area contributed by atoms with E-state index in [1.807, 2.05) is 19.9 Å². The zero-order chi connectivity index (χ0) is 13.1. The van der Waals surface area contributed by atoms with Crippen molar-refractivity contribution in [2.24, 2.45) is 5.18 Å². The molecule has 0 spiro atoms. The average Bonchev–Trinajstić information content (AvgIpc) is 2.25. The predicted molar refractivity (Wildman–Crippen MR) is 71.4 cm³/mol. The van der Waals surface area contributed by atoms with Gasteiger partial charge in [0, 0.05) is 16.5 Å². The molecule has 0 bridgehead atoms. The third kappa shape index (κ3) is 4.07. The highest BCUT2D eigenvalue weighted by molar-refractivity contribution is 9.10. The molecule has 0 aliphatic rings. The van der Waals surface area contributed by atoms with E-state index in [0.29, 0.717) is 18.9 Å². The number of ether oxygens (including phenoxy) is 1. The molecule has 1 aromatic rings. The Labute approximate surface area is 110 Å². The van der Waals surface area contributed by atoms with Gasteiger partial charge in [0.1, 0.15) is 5.54 Å². The molecule has 0 fully saturated rings. The number of pyridine rings is 1. The van der Waals surface area contributed by atoms with E-state index in [1.54, 1.807) is 13.8 Å². The number of aryl methyl sites for hydroxylation is 2. The van der Waals surface area contributed by atoms with E-state index in [-0.39, 0.29) is 0 Å². The van der Waals surface area contributed by atoms with Gasteiger partial charge in [-0.2, -0.15) is 4.91 Å². The number of aromatic nitrogens is 1. The summed E-state index contributed by atoms with van der Waals surface area (Å²) in [5.74, 6) is 0.618. The Hall–Kier alpha value is -0.970.